The Labute approximate surface area is 134 Å². The van der Waals surface area contributed by atoms with Gasteiger partial charge in [-0.2, -0.15) is 0 Å². The number of halogens is 2. The molecular weight excluding hydrogens is 334 g/mol. The fourth-order valence-electron chi connectivity index (χ4n) is 2.37. The van der Waals surface area contributed by atoms with Crippen molar-refractivity contribution in [2.75, 3.05) is 13.1 Å². The molecule has 20 heavy (non-hydrogen) atoms. The van der Waals surface area contributed by atoms with Gasteiger partial charge < -0.3 is 5.32 Å². The summed E-state index contributed by atoms with van der Waals surface area (Å²) in [5.41, 5.74) is 2.54. The van der Waals surface area contributed by atoms with E-state index in [0.717, 1.165) is 29.0 Å². The van der Waals surface area contributed by atoms with Crippen LogP contribution in [0.25, 0.3) is 0 Å². The Bertz CT molecular complexity index is 556. The SMILES string of the molecule is CCNCC(Cc1cccc(Br)c1)c1ccccc1Cl. The summed E-state index contributed by atoms with van der Waals surface area (Å²) in [5.74, 6) is 0.387. The monoisotopic (exact) mass is 351 g/mol. The average Bonchev–Trinajstić information content (AvgIpc) is 2.44. The Hall–Kier alpha value is -0.830. The zero-order chi connectivity index (χ0) is 14.4. The smallest absolute Gasteiger partial charge is 0.0441 e. The molecule has 0 amide bonds. The molecule has 0 saturated carbocycles. The topological polar surface area (TPSA) is 12.0 Å². The van der Waals surface area contributed by atoms with Crippen molar-refractivity contribution < 1.29 is 0 Å². The van der Waals surface area contributed by atoms with Gasteiger partial charge in [0.2, 0.25) is 0 Å². The van der Waals surface area contributed by atoms with Crippen LogP contribution in [0.4, 0.5) is 0 Å². The molecule has 106 valence electrons. The first-order valence-corrected chi connectivity index (χ1v) is 8.07. The van der Waals surface area contributed by atoms with Crippen LogP contribution in [-0.4, -0.2) is 13.1 Å². The van der Waals surface area contributed by atoms with Crippen molar-refractivity contribution in [2.45, 2.75) is 19.3 Å². The Balaban J connectivity index is 2.22. The zero-order valence-electron chi connectivity index (χ0n) is 11.6. The van der Waals surface area contributed by atoms with E-state index in [9.17, 15) is 0 Å². The number of rotatable bonds is 6. The van der Waals surface area contributed by atoms with Gasteiger partial charge in [0.1, 0.15) is 0 Å². The zero-order valence-corrected chi connectivity index (χ0v) is 13.9. The second-order valence-electron chi connectivity index (χ2n) is 4.86. The van der Waals surface area contributed by atoms with Crippen molar-refractivity contribution in [1.82, 2.24) is 5.32 Å². The van der Waals surface area contributed by atoms with Crippen LogP contribution in [0.1, 0.15) is 24.0 Å². The first-order valence-electron chi connectivity index (χ1n) is 6.90. The maximum atomic E-state index is 6.36. The Morgan fingerprint density at radius 3 is 2.65 bits per heavy atom. The van der Waals surface area contributed by atoms with Gasteiger partial charge in [0.25, 0.3) is 0 Å². The van der Waals surface area contributed by atoms with Gasteiger partial charge in [-0.3, -0.25) is 0 Å². The third-order valence-electron chi connectivity index (χ3n) is 3.36. The molecule has 2 aromatic carbocycles. The van der Waals surface area contributed by atoms with Gasteiger partial charge in [0.05, 0.1) is 0 Å². The highest BCUT2D eigenvalue weighted by molar-refractivity contribution is 9.10. The average molecular weight is 353 g/mol. The van der Waals surface area contributed by atoms with Crippen molar-refractivity contribution in [1.29, 1.82) is 0 Å². The molecule has 2 aromatic rings. The third kappa shape index (κ3) is 4.34. The van der Waals surface area contributed by atoms with Crippen LogP contribution < -0.4 is 5.32 Å². The molecular formula is C17H19BrClN. The second-order valence-corrected chi connectivity index (χ2v) is 6.18. The van der Waals surface area contributed by atoms with Crippen molar-refractivity contribution in [3.05, 3.63) is 69.2 Å². The quantitative estimate of drug-likeness (QED) is 0.768. The predicted octanol–water partition coefficient (Wildman–Crippen LogP) is 5.04. The van der Waals surface area contributed by atoms with Gasteiger partial charge in [0, 0.05) is 22.0 Å². The van der Waals surface area contributed by atoms with Crippen LogP contribution in [0, 0.1) is 0 Å². The van der Waals surface area contributed by atoms with E-state index in [1.54, 1.807) is 0 Å². The molecule has 0 aliphatic carbocycles. The van der Waals surface area contributed by atoms with Crippen LogP contribution in [0.5, 0.6) is 0 Å². The van der Waals surface area contributed by atoms with Crippen LogP contribution in [0.3, 0.4) is 0 Å². The fraction of sp³-hybridized carbons (Fsp3) is 0.294. The van der Waals surface area contributed by atoms with E-state index in [1.807, 2.05) is 12.1 Å². The molecule has 1 atom stereocenters. The molecule has 0 saturated heterocycles. The fourth-order valence-corrected chi connectivity index (χ4v) is 3.10. The summed E-state index contributed by atoms with van der Waals surface area (Å²) in [4.78, 5) is 0. The predicted molar refractivity (Wildman–Crippen MR) is 90.6 cm³/mol. The number of nitrogens with one attached hydrogen (secondary N) is 1. The molecule has 1 nitrogen and oxygen atoms in total. The van der Waals surface area contributed by atoms with Crippen molar-refractivity contribution in [3.63, 3.8) is 0 Å². The van der Waals surface area contributed by atoms with Crippen molar-refractivity contribution in [2.24, 2.45) is 0 Å². The molecule has 1 unspecified atom stereocenters. The summed E-state index contributed by atoms with van der Waals surface area (Å²) >= 11 is 9.89. The van der Waals surface area contributed by atoms with E-state index in [0.29, 0.717) is 5.92 Å². The highest BCUT2D eigenvalue weighted by atomic mass is 79.9. The van der Waals surface area contributed by atoms with E-state index in [-0.39, 0.29) is 0 Å². The molecule has 3 heteroatoms. The highest BCUT2D eigenvalue weighted by Gasteiger charge is 2.15. The van der Waals surface area contributed by atoms with Crippen LogP contribution in [0.15, 0.2) is 53.0 Å². The summed E-state index contributed by atoms with van der Waals surface area (Å²) in [6.07, 6.45) is 0.982. The van der Waals surface area contributed by atoms with Crippen molar-refractivity contribution >= 4 is 27.5 Å². The van der Waals surface area contributed by atoms with Crippen LogP contribution in [-0.2, 0) is 6.42 Å². The van der Waals surface area contributed by atoms with Gasteiger partial charge in [-0.05, 0) is 42.3 Å². The number of hydrogen-bond donors (Lipinski definition) is 1. The largest absolute Gasteiger partial charge is 0.316 e. The molecule has 0 aliphatic rings. The molecule has 1 N–H and O–H groups in total. The lowest BCUT2D eigenvalue weighted by molar-refractivity contribution is 0.595. The maximum absolute atomic E-state index is 6.36. The Morgan fingerprint density at radius 2 is 1.95 bits per heavy atom. The minimum atomic E-state index is 0.387. The molecule has 0 bridgehead atoms. The summed E-state index contributed by atoms with van der Waals surface area (Å²) in [6, 6.07) is 16.6. The lowest BCUT2D eigenvalue weighted by atomic mass is 9.92. The second kappa shape index (κ2) is 7.82. The van der Waals surface area contributed by atoms with Crippen LogP contribution in [0.2, 0.25) is 5.02 Å². The summed E-state index contributed by atoms with van der Waals surface area (Å²) in [6.45, 7) is 4.04. The lowest BCUT2D eigenvalue weighted by Crippen LogP contribution is -2.23. The highest BCUT2D eigenvalue weighted by Crippen LogP contribution is 2.27. The van der Waals surface area contributed by atoms with E-state index >= 15 is 0 Å². The van der Waals surface area contributed by atoms with E-state index in [1.165, 1.54) is 11.1 Å². The number of likely N-dealkylation sites (N-methyl/N-ethyl adjacent to an activating group) is 1. The van der Waals surface area contributed by atoms with Gasteiger partial charge in [-0.1, -0.05) is 64.8 Å². The van der Waals surface area contributed by atoms with Gasteiger partial charge in [-0.25, -0.2) is 0 Å². The first-order chi connectivity index (χ1) is 9.70. The lowest BCUT2D eigenvalue weighted by Gasteiger charge is -2.19. The molecule has 0 spiro atoms. The van der Waals surface area contributed by atoms with Gasteiger partial charge >= 0.3 is 0 Å². The Kier molecular flexibility index (Phi) is 6.08. The summed E-state index contributed by atoms with van der Waals surface area (Å²) in [5, 5.41) is 4.29. The summed E-state index contributed by atoms with van der Waals surface area (Å²) < 4.78 is 1.12. The third-order valence-corrected chi connectivity index (χ3v) is 4.19. The molecule has 0 heterocycles. The molecule has 0 radical (unpaired) electrons. The number of hydrogen-bond acceptors (Lipinski definition) is 1. The standard InChI is InChI=1S/C17H19BrClN/c1-2-20-12-14(16-8-3-4-9-17(16)19)10-13-6-5-7-15(18)11-13/h3-9,11,14,20H,2,10,12H2,1H3. The van der Waals surface area contributed by atoms with Crippen molar-refractivity contribution in [3.8, 4) is 0 Å². The maximum Gasteiger partial charge on any atom is 0.0441 e. The number of benzene rings is 2. The Morgan fingerprint density at radius 1 is 1.15 bits per heavy atom. The molecule has 0 aliphatic heterocycles. The van der Waals surface area contributed by atoms with E-state index in [2.05, 4.69) is 64.6 Å². The minimum Gasteiger partial charge on any atom is -0.316 e. The van der Waals surface area contributed by atoms with Gasteiger partial charge in [0.15, 0.2) is 0 Å². The first kappa shape index (κ1) is 15.6. The molecule has 0 fully saturated rings. The van der Waals surface area contributed by atoms with Crippen LogP contribution >= 0.6 is 27.5 Å². The summed E-state index contributed by atoms with van der Waals surface area (Å²) in [7, 11) is 0. The molecule has 2 rings (SSSR count). The molecule has 0 aromatic heterocycles. The van der Waals surface area contributed by atoms with E-state index < -0.39 is 0 Å². The normalized spacial score (nSPS) is 12.3. The van der Waals surface area contributed by atoms with Gasteiger partial charge in [-0.15, -0.1) is 0 Å². The van der Waals surface area contributed by atoms with E-state index in [4.69, 9.17) is 11.6 Å². The minimum absolute atomic E-state index is 0.387.